The molecule has 2 heteroatoms. The molecule has 0 bridgehead atoms. The molecule has 2 aliphatic rings. The average Bonchev–Trinajstić information content (AvgIpc) is 2.84. The van der Waals surface area contributed by atoms with Crippen LogP contribution in [0.3, 0.4) is 0 Å². The van der Waals surface area contributed by atoms with Gasteiger partial charge in [-0.2, -0.15) is 0 Å². The van der Waals surface area contributed by atoms with E-state index < -0.39 is 0 Å². The van der Waals surface area contributed by atoms with Gasteiger partial charge in [0.05, 0.1) is 12.2 Å². The fourth-order valence-corrected chi connectivity index (χ4v) is 6.85. The van der Waals surface area contributed by atoms with Crippen LogP contribution in [0.5, 0.6) is 0 Å². The summed E-state index contributed by atoms with van der Waals surface area (Å²) in [4.78, 5) is 0. The Balaban J connectivity index is 1.82. The summed E-state index contributed by atoms with van der Waals surface area (Å²) in [7, 11) is 0. The van der Waals surface area contributed by atoms with Gasteiger partial charge >= 0.3 is 0 Å². The highest BCUT2D eigenvalue weighted by Crippen LogP contribution is 2.44. The van der Waals surface area contributed by atoms with E-state index in [0.717, 1.165) is 51.4 Å². The zero-order chi connectivity index (χ0) is 31.5. The molecule has 0 aliphatic heterocycles. The zero-order valence-corrected chi connectivity index (χ0v) is 28.5. The van der Waals surface area contributed by atoms with E-state index in [1.54, 1.807) is 0 Å². The van der Waals surface area contributed by atoms with E-state index in [4.69, 9.17) is 0 Å². The summed E-state index contributed by atoms with van der Waals surface area (Å²) in [5.41, 5.74) is 11.2. The molecule has 0 aromatic rings. The summed E-state index contributed by atoms with van der Waals surface area (Å²) >= 11 is 0. The number of rotatable bonds is 12. The quantitative estimate of drug-likeness (QED) is 0.180. The van der Waals surface area contributed by atoms with Crippen molar-refractivity contribution >= 4 is 0 Å². The summed E-state index contributed by atoms with van der Waals surface area (Å²) < 4.78 is 0. The van der Waals surface area contributed by atoms with Crippen LogP contribution in [0.25, 0.3) is 0 Å². The number of hydrogen-bond acceptors (Lipinski definition) is 2. The second-order valence-corrected chi connectivity index (χ2v) is 14.4. The lowest BCUT2D eigenvalue weighted by molar-refractivity contribution is 0.112. The molecular weight excluding hydrogens is 512 g/mol. The van der Waals surface area contributed by atoms with Crippen LogP contribution in [0, 0.1) is 10.8 Å². The molecule has 0 aromatic heterocycles. The van der Waals surface area contributed by atoms with Crippen molar-refractivity contribution in [1.82, 2.24) is 0 Å². The topological polar surface area (TPSA) is 40.5 Å². The first kappa shape index (κ1) is 35.8. The predicted octanol–water partition coefficient (Wildman–Crippen LogP) is 11.0. The van der Waals surface area contributed by atoms with E-state index in [9.17, 15) is 10.2 Å². The Morgan fingerprint density at radius 3 is 1.31 bits per heavy atom. The van der Waals surface area contributed by atoms with Crippen LogP contribution in [0.15, 0.2) is 105 Å². The molecule has 2 rings (SSSR count). The molecule has 0 amide bonds. The second-order valence-electron chi connectivity index (χ2n) is 14.4. The number of hydrogen-bond donors (Lipinski definition) is 2. The molecule has 42 heavy (non-hydrogen) atoms. The molecular formula is C40H60O2. The fourth-order valence-electron chi connectivity index (χ4n) is 6.85. The Bertz CT molecular complexity index is 1110. The van der Waals surface area contributed by atoms with Gasteiger partial charge < -0.3 is 10.2 Å². The molecule has 0 saturated carbocycles. The van der Waals surface area contributed by atoms with Crippen LogP contribution in [0.4, 0.5) is 0 Å². The molecule has 0 fully saturated rings. The first-order valence-electron chi connectivity index (χ1n) is 16.0. The Morgan fingerprint density at radius 1 is 0.619 bits per heavy atom. The zero-order valence-electron chi connectivity index (χ0n) is 28.5. The van der Waals surface area contributed by atoms with E-state index in [0.29, 0.717) is 0 Å². The summed E-state index contributed by atoms with van der Waals surface area (Å²) in [6, 6.07) is 0. The summed E-state index contributed by atoms with van der Waals surface area (Å²) in [6.45, 7) is 22.2. The molecule has 0 unspecified atom stereocenters. The van der Waals surface area contributed by atoms with Crippen molar-refractivity contribution in [3.8, 4) is 0 Å². The van der Waals surface area contributed by atoms with Gasteiger partial charge in [0.25, 0.3) is 0 Å². The predicted molar refractivity (Wildman–Crippen MR) is 184 cm³/mol. The normalized spacial score (nSPS) is 24.7. The van der Waals surface area contributed by atoms with Crippen molar-refractivity contribution in [2.45, 2.75) is 133 Å². The maximum absolute atomic E-state index is 10.1. The highest BCUT2D eigenvalue weighted by atomic mass is 16.3. The third-order valence-corrected chi connectivity index (χ3v) is 9.09. The van der Waals surface area contributed by atoms with Gasteiger partial charge in [0.2, 0.25) is 0 Å². The molecule has 0 heterocycles. The van der Waals surface area contributed by atoms with E-state index in [2.05, 4.69) is 130 Å². The minimum Gasteiger partial charge on any atom is -0.393 e. The first-order chi connectivity index (χ1) is 19.6. The Kier molecular flexibility index (Phi) is 14.0. The average molecular weight is 573 g/mol. The Labute approximate surface area is 258 Å². The van der Waals surface area contributed by atoms with Crippen LogP contribution < -0.4 is 0 Å². The number of allylic oxidation sites excluding steroid dienone is 16. The van der Waals surface area contributed by atoms with Crippen molar-refractivity contribution in [2.75, 3.05) is 0 Å². The number of aliphatic hydroxyl groups is 2. The molecule has 0 spiro atoms. The van der Waals surface area contributed by atoms with Gasteiger partial charge in [-0.25, -0.2) is 0 Å². The smallest absolute Gasteiger partial charge is 0.0585 e. The SMILES string of the molecule is CC1=C(CC\C(C)=C/C=C/C(C)=C/C=C/C=C(C)/C=C/C=C(\C)CCC2=C(C)C[C@H](O)CC2(C)C)C(C)(C)C[C@@H](O)C1. The monoisotopic (exact) mass is 572 g/mol. The van der Waals surface area contributed by atoms with Crippen molar-refractivity contribution in [3.63, 3.8) is 0 Å². The lowest BCUT2D eigenvalue weighted by Crippen LogP contribution is -2.29. The van der Waals surface area contributed by atoms with Gasteiger partial charge in [-0.1, -0.05) is 133 Å². The third kappa shape index (κ3) is 12.1. The van der Waals surface area contributed by atoms with Gasteiger partial charge in [-0.3, -0.25) is 0 Å². The minimum atomic E-state index is -0.191. The first-order valence-corrected chi connectivity index (χ1v) is 16.0. The van der Waals surface area contributed by atoms with Gasteiger partial charge in [-0.05, 0) is 104 Å². The Hall–Kier alpha value is -2.42. The Morgan fingerprint density at radius 2 is 0.976 bits per heavy atom. The van der Waals surface area contributed by atoms with Crippen LogP contribution >= 0.6 is 0 Å². The summed E-state index contributed by atoms with van der Waals surface area (Å²) in [5.74, 6) is 0. The van der Waals surface area contributed by atoms with Gasteiger partial charge in [0.15, 0.2) is 0 Å². The second kappa shape index (κ2) is 16.4. The highest BCUT2D eigenvalue weighted by Gasteiger charge is 2.33. The van der Waals surface area contributed by atoms with Gasteiger partial charge in [0, 0.05) is 0 Å². The van der Waals surface area contributed by atoms with E-state index in [1.807, 2.05) is 0 Å². The highest BCUT2D eigenvalue weighted by molar-refractivity contribution is 5.31. The van der Waals surface area contributed by atoms with Crippen LogP contribution in [0.2, 0.25) is 0 Å². The van der Waals surface area contributed by atoms with Crippen molar-refractivity contribution < 1.29 is 10.2 Å². The largest absolute Gasteiger partial charge is 0.393 e. The van der Waals surface area contributed by atoms with Crippen molar-refractivity contribution in [3.05, 3.63) is 105 Å². The lowest BCUT2D eigenvalue weighted by atomic mass is 9.70. The lowest BCUT2D eigenvalue weighted by Gasteiger charge is -2.37. The molecule has 2 nitrogen and oxygen atoms in total. The minimum absolute atomic E-state index is 0.0949. The van der Waals surface area contributed by atoms with Crippen LogP contribution in [0.1, 0.15) is 121 Å². The van der Waals surface area contributed by atoms with Crippen molar-refractivity contribution in [2.24, 2.45) is 10.8 Å². The van der Waals surface area contributed by atoms with Crippen LogP contribution in [-0.2, 0) is 0 Å². The third-order valence-electron chi connectivity index (χ3n) is 9.09. The molecule has 2 N–H and O–H groups in total. The van der Waals surface area contributed by atoms with E-state index in [-0.39, 0.29) is 23.0 Å². The molecule has 0 radical (unpaired) electrons. The summed E-state index contributed by atoms with van der Waals surface area (Å²) in [6.07, 6.45) is 28.9. The number of aliphatic hydroxyl groups excluding tert-OH is 2. The molecule has 2 atom stereocenters. The maximum atomic E-state index is 10.1. The molecule has 0 saturated heterocycles. The standard InChI is InChI=1S/C40H60O2/c1-29(17-13-19-31(3)21-23-37-33(5)25-35(41)27-39(37,7)8)15-11-12-16-30(2)18-14-20-32(4)22-24-38-34(6)26-36(42)28-40(38,9)10/h11-20,35-36,41-42H,21-28H2,1-10H3/b12-11+,17-13+,18-14+,29-15+,30-16+,31-19-,32-20+/t35-,36-/m0/s1. The van der Waals surface area contributed by atoms with Crippen molar-refractivity contribution in [1.29, 1.82) is 0 Å². The van der Waals surface area contributed by atoms with Gasteiger partial charge in [0.1, 0.15) is 0 Å². The van der Waals surface area contributed by atoms with Crippen LogP contribution in [-0.4, -0.2) is 22.4 Å². The molecule has 2 aliphatic carbocycles. The van der Waals surface area contributed by atoms with E-state index >= 15 is 0 Å². The fraction of sp³-hybridized carbons (Fsp3) is 0.550. The molecule has 232 valence electrons. The maximum Gasteiger partial charge on any atom is 0.0585 e. The summed E-state index contributed by atoms with van der Waals surface area (Å²) in [5, 5.41) is 20.3. The van der Waals surface area contributed by atoms with E-state index in [1.165, 1.54) is 44.6 Å². The molecule has 0 aromatic carbocycles. The van der Waals surface area contributed by atoms with Gasteiger partial charge in [-0.15, -0.1) is 0 Å².